The first kappa shape index (κ1) is 15.7. The minimum Gasteiger partial charge on any atom is -0.497 e. The number of thioether (sulfide) groups is 1. The van der Waals surface area contributed by atoms with Gasteiger partial charge in [-0.05, 0) is 18.7 Å². The molecule has 114 valence electrons. The van der Waals surface area contributed by atoms with Gasteiger partial charge in [0.25, 0.3) is 0 Å². The molecule has 6 nitrogen and oxygen atoms in total. The van der Waals surface area contributed by atoms with E-state index in [1.54, 1.807) is 7.11 Å². The number of carbonyl (C=O) groups excluding carboxylic acids is 1. The van der Waals surface area contributed by atoms with Gasteiger partial charge in [0.2, 0.25) is 0 Å². The number of fused-ring (bicyclic) bond motifs is 1. The van der Waals surface area contributed by atoms with Gasteiger partial charge in [-0.1, -0.05) is 18.7 Å². The maximum absolute atomic E-state index is 11.6. The zero-order valence-electron chi connectivity index (χ0n) is 12.3. The van der Waals surface area contributed by atoms with E-state index in [0.29, 0.717) is 12.3 Å². The van der Waals surface area contributed by atoms with Gasteiger partial charge in [0.15, 0.2) is 5.16 Å². The van der Waals surface area contributed by atoms with Crippen LogP contribution in [0.3, 0.4) is 0 Å². The molecule has 0 fully saturated rings. The molecular weight excluding hydrogens is 290 g/mol. The molecule has 0 radical (unpaired) electrons. The molecule has 0 aliphatic heterocycles. The lowest BCUT2D eigenvalue weighted by atomic mass is 10.3. The molecule has 1 aromatic heterocycles. The maximum Gasteiger partial charge on any atom is 0.323 e. The van der Waals surface area contributed by atoms with Gasteiger partial charge in [-0.15, -0.1) is 0 Å². The predicted molar refractivity (Wildman–Crippen MR) is 82.9 cm³/mol. The molecule has 0 aliphatic carbocycles. The number of aromatic nitrogens is 2. The van der Waals surface area contributed by atoms with Crippen molar-refractivity contribution in [2.75, 3.05) is 26.5 Å². The molecule has 0 aliphatic rings. The molecule has 1 unspecified atom stereocenters. The van der Waals surface area contributed by atoms with Crippen LogP contribution in [0.4, 0.5) is 0 Å². The van der Waals surface area contributed by atoms with E-state index in [2.05, 4.69) is 15.3 Å². The fourth-order valence-electron chi connectivity index (χ4n) is 1.92. The fraction of sp³-hybridized carbons (Fsp3) is 0.429. The van der Waals surface area contributed by atoms with Crippen molar-refractivity contribution in [2.24, 2.45) is 0 Å². The topological polar surface area (TPSA) is 76.2 Å². The Kier molecular flexibility index (Phi) is 5.46. The third kappa shape index (κ3) is 3.89. The first-order valence-electron chi connectivity index (χ1n) is 6.65. The summed E-state index contributed by atoms with van der Waals surface area (Å²) in [5.41, 5.74) is 1.78. The van der Waals surface area contributed by atoms with Crippen LogP contribution in [0.5, 0.6) is 5.75 Å². The normalized spacial score (nSPS) is 12.3. The van der Waals surface area contributed by atoms with E-state index in [1.165, 1.54) is 18.9 Å². The van der Waals surface area contributed by atoms with Gasteiger partial charge >= 0.3 is 5.97 Å². The highest BCUT2D eigenvalue weighted by Crippen LogP contribution is 2.23. The van der Waals surface area contributed by atoms with Crippen molar-refractivity contribution < 1.29 is 14.3 Å². The Bertz CT molecular complexity index is 615. The van der Waals surface area contributed by atoms with Crippen LogP contribution in [0.1, 0.15) is 6.92 Å². The summed E-state index contributed by atoms with van der Waals surface area (Å²) < 4.78 is 9.96. The Morgan fingerprint density at radius 3 is 2.95 bits per heavy atom. The minimum absolute atomic E-state index is 0.262. The van der Waals surface area contributed by atoms with Gasteiger partial charge < -0.3 is 19.8 Å². The summed E-state index contributed by atoms with van der Waals surface area (Å²) >= 11 is 1.48. The van der Waals surface area contributed by atoms with Gasteiger partial charge in [0, 0.05) is 11.8 Å². The molecule has 7 heteroatoms. The van der Waals surface area contributed by atoms with Crippen LogP contribution in [0.2, 0.25) is 0 Å². The summed E-state index contributed by atoms with van der Waals surface area (Å²) in [7, 11) is 3.02. The number of imidazole rings is 1. The molecule has 0 saturated heterocycles. The van der Waals surface area contributed by atoms with Crippen molar-refractivity contribution in [3.63, 3.8) is 0 Å². The van der Waals surface area contributed by atoms with E-state index in [0.717, 1.165) is 21.9 Å². The van der Waals surface area contributed by atoms with Crippen molar-refractivity contribution in [3.05, 3.63) is 18.2 Å². The minimum atomic E-state index is -0.340. The first-order chi connectivity index (χ1) is 10.2. The summed E-state index contributed by atoms with van der Waals surface area (Å²) in [6, 6.07) is 5.33. The van der Waals surface area contributed by atoms with Crippen molar-refractivity contribution in [1.29, 1.82) is 0 Å². The molecule has 1 atom stereocenters. The third-order valence-electron chi connectivity index (χ3n) is 2.99. The number of likely N-dealkylation sites (N-methyl/N-ethyl adjacent to an activating group) is 1. The van der Waals surface area contributed by atoms with E-state index in [4.69, 9.17) is 9.47 Å². The summed E-state index contributed by atoms with van der Waals surface area (Å²) in [4.78, 5) is 19.3. The Hall–Kier alpha value is -1.73. The van der Waals surface area contributed by atoms with Crippen LogP contribution in [0.25, 0.3) is 11.0 Å². The third-order valence-corrected chi connectivity index (χ3v) is 3.96. The van der Waals surface area contributed by atoms with Crippen molar-refractivity contribution in [2.45, 2.75) is 18.1 Å². The molecular formula is C14H19N3O3S. The van der Waals surface area contributed by atoms with Gasteiger partial charge in [0.05, 0.1) is 25.3 Å². The zero-order chi connectivity index (χ0) is 15.2. The highest BCUT2D eigenvalue weighted by Gasteiger charge is 2.18. The molecule has 2 N–H and O–H groups in total. The molecule has 1 aromatic carbocycles. The molecule has 2 aromatic rings. The summed E-state index contributed by atoms with van der Waals surface area (Å²) in [5, 5.41) is 3.87. The number of carbonyl (C=O) groups is 1. The number of hydrogen-bond donors (Lipinski definition) is 2. The van der Waals surface area contributed by atoms with Crippen LogP contribution in [-0.2, 0) is 9.53 Å². The summed E-state index contributed by atoms with van der Waals surface area (Å²) in [5.74, 6) is 1.07. The predicted octanol–water partition coefficient (Wildman–Crippen LogP) is 1.81. The van der Waals surface area contributed by atoms with Crippen LogP contribution < -0.4 is 10.1 Å². The maximum atomic E-state index is 11.6. The second kappa shape index (κ2) is 7.33. The Morgan fingerprint density at radius 2 is 2.29 bits per heavy atom. The van der Waals surface area contributed by atoms with E-state index in [-0.39, 0.29) is 12.0 Å². The number of ether oxygens (including phenoxy) is 2. The molecule has 0 saturated carbocycles. The lowest BCUT2D eigenvalue weighted by molar-refractivity contribution is -0.142. The van der Waals surface area contributed by atoms with Crippen LogP contribution in [0.15, 0.2) is 23.4 Å². The lowest BCUT2D eigenvalue weighted by Crippen LogP contribution is -2.39. The van der Waals surface area contributed by atoms with Crippen LogP contribution >= 0.6 is 11.8 Å². The SMILES string of the molecule is CCNC(CSc1nc2ccc(OC)cc2[nH]1)C(=O)OC. The number of hydrogen-bond acceptors (Lipinski definition) is 6. The first-order valence-corrected chi connectivity index (χ1v) is 7.64. The van der Waals surface area contributed by atoms with E-state index in [1.807, 2.05) is 25.1 Å². The van der Waals surface area contributed by atoms with E-state index < -0.39 is 0 Å². The number of nitrogens with zero attached hydrogens (tertiary/aromatic N) is 1. The number of rotatable bonds is 7. The standard InChI is InChI=1S/C14H19N3O3S/c1-4-15-12(13(18)20-3)8-21-14-16-10-6-5-9(19-2)7-11(10)17-14/h5-7,12,15H,4,8H2,1-3H3,(H,16,17). The number of esters is 1. The van der Waals surface area contributed by atoms with Crippen molar-refractivity contribution in [3.8, 4) is 5.75 Å². The number of nitrogens with one attached hydrogen (secondary N) is 2. The zero-order valence-corrected chi connectivity index (χ0v) is 13.1. The lowest BCUT2D eigenvalue weighted by Gasteiger charge is -2.13. The highest BCUT2D eigenvalue weighted by atomic mass is 32.2. The second-order valence-corrected chi connectivity index (χ2v) is 5.38. The molecule has 0 bridgehead atoms. The second-order valence-electron chi connectivity index (χ2n) is 4.37. The molecule has 2 rings (SSSR count). The monoisotopic (exact) mass is 309 g/mol. The number of H-pyrrole nitrogens is 1. The van der Waals surface area contributed by atoms with E-state index in [9.17, 15) is 4.79 Å². The molecule has 1 heterocycles. The molecule has 21 heavy (non-hydrogen) atoms. The number of aromatic amines is 1. The summed E-state index contributed by atoms with van der Waals surface area (Å²) in [6.45, 7) is 2.66. The van der Waals surface area contributed by atoms with Crippen molar-refractivity contribution in [1.82, 2.24) is 15.3 Å². The van der Waals surface area contributed by atoms with Gasteiger partial charge in [-0.25, -0.2) is 4.98 Å². The molecule has 0 spiro atoms. The molecule has 0 amide bonds. The van der Waals surface area contributed by atoms with Crippen molar-refractivity contribution >= 4 is 28.8 Å². The average molecular weight is 309 g/mol. The average Bonchev–Trinajstić information content (AvgIpc) is 2.92. The van der Waals surface area contributed by atoms with Gasteiger partial charge in [-0.3, -0.25) is 4.79 Å². The van der Waals surface area contributed by atoms with Gasteiger partial charge in [0.1, 0.15) is 11.8 Å². The highest BCUT2D eigenvalue weighted by molar-refractivity contribution is 7.99. The van der Waals surface area contributed by atoms with Gasteiger partial charge in [-0.2, -0.15) is 0 Å². The number of benzene rings is 1. The smallest absolute Gasteiger partial charge is 0.323 e. The number of methoxy groups -OCH3 is 2. The Labute approximate surface area is 127 Å². The largest absolute Gasteiger partial charge is 0.497 e. The quantitative estimate of drug-likeness (QED) is 0.600. The van der Waals surface area contributed by atoms with E-state index >= 15 is 0 Å². The van der Waals surface area contributed by atoms with Crippen LogP contribution in [-0.4, -0.2) is 48.5 Å². The fourth-order valence-corrected chi connectivity index (χ4v) is 2.85. The van der Waals surface area contributed by atoms with Crippen LogP contribution in [0, 0.1) is 0 Å². The summed E-state index contributed by atoms with van der Waals surface area (Å²) in [6.07, 6.45) is 0. The Balaban J connectivity index is 2.06. The Morgan fingerprint density at radius 1 is 1.48 bits per heavy atom.